The zero-order valence-electron chi connectivity index (χ0n) is 14.7. The molecule has 24 heavy (non-hydrogen) atoms. The van der Waals surface area contributed by atoms with Crippen molar-refractivity contribution in [2.24, 2.45) is 10.9 Å². The van der Waals surface area contributed by atoms with Gasteiger partial charge in [0.05, 0.1) is 0 Å². The first-order valence-electron chi connectivity index (χ1n) is 8.50. The summed E-state index contributed by atoms with van der Waals surface area (Å²) in [6.07, 6.45) is 1.78. The first kappa shape index (κ1) is 18.6. The third kappa shape index (κ3) is 5.13. The second-order valence-electron chi connectivity index (χ2n) is 6.41. The second kappa shape index (κ2) is 8.92. The van der Waals surface area contributed by atoms with Crippen LogP contribution in [-0.2, 0) is 11.2 Å². The molecule has 2 N–H and O–H groups in total. The average molecular weight is 351 g/mol. The highest BCUT2D eigenvalue weighted by Gasteiger charge is 2.27. The fourth-order valence-corrected chi connectivity index (χ4v) is 3.08. The smallest absolute Gasteiger partial charge is 0.225 e. The summed E-state index contributed by atoms with van der Waals surface area (Å²) in [7, 11) is 1.76. The van der Waals surface area contributed by atoms with Crippen molar-refractivity contribution < 1.29 is 4.79 Å². The molecule has 132 valence electrons. The summed E-state index contributed by atoms with van der Waals surface area (Å²) < 4.78 is 0. The Morgan fingerprint density at radius 2 is 2.17 bits per heavy atom. The molecular formula is C18H27ClN4O. The lowest BCUT2D eigenvalue weighted by Gasteiger charge is -2.20. The molecule has 1 heterocycles. The quantitative estimate of drug-likeness (QED) is 0.633. The topological polar surface area (TPSA) is 56.7 Å². The highest BCUT2D eigenvalue weighted by atomic mass is 35.5. The van der Waals surface area contributed by atoms with Gasteiger partial charge in [-0.25, -0.2) is 0 Å². The van der Waals surface area contributed by atoms with E-state index in [9.17, 15) is 4.79 Å². The van der Waals surface area contributed by atoms with E-state index in [1.54, 1.807) is 7.05 Å². The number of rotatable bonds is 5. The van der Waals surface area contributed by atoms with Crippen molar-refractivity contribution in [3.05, 3.63) is 34.9 Å². The van der Waals surface area contributed by atoms with Gasteiger partial charge in [0, 0.05) is 43.7 Å². The van der Waals surface area contributed by atoms with Crippen molar-refractivity contribution >= 4 is 23.5 Å². The zero-order chi connectivity index (χ0) is 17.5. The van der Waals surface area contributed by atoms with Crippen LogP contribution in [0.2, 0.25) is 5.02 Å². The number of carbonyl (C=O) groups excluding carboxylic acids is 1. The molecule has 1 aliphatic rings. The van der Waals surface area contributed by atoms with E-state index in [1.807, 2.05) is 43.0 Å². The predicted octanol–water partition coefficient (Wildman–Crippen LogP) is 2.30. The van der Waals surface area contributed by atoms with Gasteiger partial charge in [-0.15, -0.1) is 0 Å². The van der Waals surface area contributed by atoms with Crippen LogP contribution < -0.4 is 10.6 Å². The highest BCUT2D eigenvalue weighted by molar-refractivity contribution is 6.31. The Morgan fingerprint density at radius 1 is 1.42 bits per heavy atom. The molecule has 2 rings (SSSR count). The normalized spacial score (nSPS) is 18.1. The molecule has 0 spiro atoms. The summed E-state index contributed by atoms with van der Waals surface area (Å²) >= 11 is 6.17. The molecule has 1 unspecified atom stereocenters. The van der Waals surface area contributed by atoms with E-state index in [0.29, 0.717) is 0 Å². The third-order valence-corrected chi connectivity index (χ3v) is 4.57. The number of hydrogen-bond acceptors (Lipinski definition) is 2. The molecule has 0 radical (unpaired) electrons. The number of hydrogen-bond donors (Lipinski definition) is 2. The van der Waals surface area contributed by atoms with Crippen LogP contribution in [0.5, 0.6) is 0 Å². The fraction of sp³-hybridized carbons (Fsp3) is 0.556. The van der Waals surface area contributed by atoms with Crippen molar-refractivity contribution in [1.29, 1.82) is 0 Å². The Hall–Kier alpha value is -1.75. The van der Waals surface area contributed by atoms with Crippen LogP contribution >= 0.6 is 11.6 Å². The molecule has 1 aliphatic heterocycles. The zero-order valence-corrected chi connectivity index (χ0v) is 15.4. The van der Waals surface area contributed by atoms with Crippen LogP contribution in [0.3, 0.4) is 0 Å². The molecule has 0 aliphatic carbocycles. The molecular weight excluding hydrogens is 324 g/mol. The van der Waals surface area contributed by atoms with Crippen LogP contribution in [0.25, 0.3) is 0 Å². The number of amides is 1. The maximum absolute atomic E-state index is 12.0. The lowest BCUT2D eigenvalue weighted by molar-refractivity contribution is -0.133. The van der Waals surface area contributed by atoms with Crippen molar-refractivity contribution in [3.8, 4) is 0 Å². The Morgan fingerprint density at radius 3 is 2.83 bits per heavy atom. The summed E-state index contributed by atoms with van der Waals surface area (Å²) in [5, 5.41) is 7.51. The highest BCUT2D eigenvalue weighted by Crippen LogP contribution is 2.15. The largest absolute Gasteiger partial charge is 0.356 e. The van der Waals surface area contributed by atoms with Gasteiger partial charge in [0.1, 0.15) is 0 Å². The number of likely N-dealkylation sites (tertiary alicyclic amines) is 1. The van der Waals surface area contributed by atoms with Crippen LogP contribution in [0, 0.1) is 5.92 Å². The van der Waals surface area contributed by atoms with Gasteiger partial charge in [-0.2, -0.15) is 0 Å². The van der Waals surface area contributed by atoms with Gasteiger partial charge in [-0.1, -0.05) is 43.6 Å². The maximum atomic E-state index is 12.0. The van der Waals surface area contributed by atoms with Gasteiger partial charge < -0.3 is 15.5 Å². The fourth-order valence-electron chi connectivity index (χ4n) is 2.85. The Labute approximate surface area is 149 Å². The number of benzene rings is 1. The SMILES string of the molecule is CN=C(NCCc1ccccc1Cl)NC1CCN(C(=O)C(C)C)C1. The first-order valence-corrected chi connectivity index (χ1v) is 8.88. The molecule has 0 saturated carbocycles. The Kier molecular flexibility index (Phi) is 6.91. The van der Waals surface area contributed by atoms with E-state index >= 15 is 0 Å². The lowest BCUT2D eigenvalue weighted by Crippen LogP contribution is -2.45. The molecule has 1 fully saturated rings. The van der Waals surface area contributed by atoms with Gasteiger partial charge in [0.2, 0.25) is 5.91 Å². The van der Waals surface area contributed by atoms with Gasteiger partial charge in [-0.05, 0) is 24.5 Å². The third-order valence-electron chi connectivity index (χ3n) is 4.20. The number of aliphatic imine (C=N–C) groups is 1. The van der Waals surface area contributed by atoms with Gasteiger partial charge in [-0.3, -0.25) is 9.79 Å². The monoisotopic (exact) mass is 350 g/mol. The standard InChI is InChI=1S/C18H27ClN4O/c1-13(2)17(24)23-11-9-15(12-23)22-18(20-3)21-10-8-14-6-4-5-7-16(14)19/h4-7,13,15H,8-12H2,1-3H3,(H2,20,21,22). The number of nitrogens with one attached hydrogen (secondary N) is 2. The van der Waals surface area contributed by atoms with Crippen LogP contribution in [0.15, 0.2) is 29.3 Å². The van der Waals surface area contributed by atoms with Crippen molar-refractivity contribution in [2.45, 2.75) is 32.7 Å². The van der Waals surface area contributed by atoms with Gasteiger partial charge >= 0.3 is 0 Å². The first-order chi connectivity index (χ1) is 11.5. The Balaban J connectivity index is 1.77. The summed E-state index contributed by atoms with van der Waals surface area (Å²) in [4.78, 5) is 18.2. The minimum atomic E-state index is 0.0526. The van der Waals surface area contributed by atoms with Gasteiger partial charge in [0.15, 0.2) is 5.96 Å². The molecule has 0 aromatic heterocycles. The number of guanidine groups is 1. The van der Waals surface area contributed by atoms with E-state index in [2.05, 4.69) is 15.6 Å². The average Bonchev–Trinajstić information content (AvgIpc) is 3.03. The van der Waals surface area contributed by atoms with Crippen LogP contribution in [0.4, 0.5) is 0 Å². The molecule has 1 atom stereocenters. The maximum Gasteiger partial charge on any atom is 0.225 e. The molecule has 1 aromatic rings. The van der Waals surface area contributed by atoms with Crippen molar-refractivity contribution in [3.63, 3.8) is 0 Å². The van der Waals surface area contributed by atoms with Crippen molar-refractivity contribution in [1.82, 2.24) is 15.5 Å². The van der Waals surface area contributed by atoms with Crippen molar-refractivity contribution in [2.75, 3.05) is 26.7 Å². The number of nitrogens with zero attached hydrogens (tertiary/aromatic N) is 2. The second-order valence-corrected chi connectivity index (χ2v) is 6.82. The van der Waals surface area contributed by atoms with E-state index < -0.39 is 0 Å². The van der Waals surface area contributed by atoms with E-state index in [0.717, 1.165) is 49.0 Å². The molecule has 1 saturated heterocycles. The molecule has 1 amide bonds. The molecule has 1 aromatic carbocycles. The van der Waals surface area contributed by atoms with E-state index in [4.69, 9.17) is 11.6 Å². The summed E-state index contributed by atoms with van der Waals surface area (Å²) in [5.74, 6) is 1.05. The van der Waals surface area contributed by atoms with E-state index in [-0.39, 0.29) is 17.9 Å². The van der Waals surface area contributed by atoms with Crippen LogP contribution in [-0.4, -0.2) is 49.5 Å². The summed E-state index contributed by atoms with van der Waals surface area (Å²) in [6.45, 7) is 6.19. The van der Waals surface area contributed by atoms with E-state index in [1.165, 1.54) is 0 Å². The molecule has 6 heteroatoms. The molecule has 0 bridgehead atoms. The minimum absolute atomic E-state index is 0.0526. The number of carbonyl (C=O) groups is 1. The summed E-state index contributed by atoms with van der Waals surface area (Å²) in [5.41, 5.74) is 1.12. The lowest BCUT2D eigenvalue weighted by atomic mass is 10.1. The number of halogens is 1. The summed E-state index contributed by atoms with van der Waals surface area (Å²) in [6, 6.07) is 8.12. The Bertz CT molecular complexity index is 588. The van der Waals surface area contributed by atoms with Gasteiger partial charge in [0.25, 0.3) is 0 Å². The predicted molar refractivity (Wildman–Crippen MR) is 99.5 cm³/mol. The van der Waals surface area contributed by atoms with Crippen LogP contribution in [0.1, 0.15) is 25.8 Å². The molecule has 5 nitrogen and oxygen atoms in total. The minimum Gasteiger partial charge on any atom is -0.356 e.